The van der Waals surface area contributed by atoms with Crippen molar-refractivity contribution in [2.45, 2.75) is 45.4 Å². The molecule has 0 aliphatic rings. The normalized spacial score (nSPS) is 8.73. The summed E-state index contributed by atoms with van der Waals surface area (Å²) in [6, 6.07) is 0. The van der Waals surface area contributed by atoms with Gasteiger partial charge in [-0.25, -0.2) is 0 Å². The second-order valence-corrected chi connectivity index (χ2v) is 2.49. The lowest BCUT2D eigenvalue weighted by atomic mass is 10.1. The molecule has 0 aliphatic heterocycles. The van der Waals surface area contributed by atoms with E-state index in [1.165, 1.54) is 32.1 Å². The summed E-state index contributed by atoms with van der Waals surface area (Å²) >= 11 is 0. The first-order valence-electron chi connectivity index (χ1n) is 4.47. The van der Waals surface area contributed by atoms with E-state index in [0.29, 0.717) is 6.61 Å². The Hall–Kier alpha value is -0.0800. The van der Waals surface area contributed by atoms with Crippen LogP contribution < -0.4 is 0 Å². The quantitative estimate of drug-likeness (QED) is 0.586. The van der Waals surface area contributed by atoms with Crippen LogP contribution in [-0.2, 0) is 0 Å². The van der Waals surface area contributed by atoms with E-state index in [0.717, 1.165) is 13.5 Å². The highest BCUT2D eigenvalue weighted by Gasteiger charge is 1.86. The first kappa shape index (κ1) is 13.5. The van der Waals surface area contributed by atoms with E-state index in [9.17, 15) is 0 Å². The standard InChI is InChI=1S/C8H18O.CH4O/c1-2-3-4-5-6-7-8-9;1-2/h9H,2-8H2,1H3;2H,1H3. The van der Waals surface area contributed by atoms with Crippen LogP contribution in [0.3, 0.4) is 0 Å². The minimum atomic E-state index is 0.367. The van der Waals surface area contributed by atoms with Gasteiger partial charge in [-0.1, -0.05) is 39.0 Å². The van der Waals surface area contributed by atoms with Crippen molar-refractivity contribution in [3.63, 3.8) is 0 Å². The number of rotatable bonds is 6. The summed E-state index contributed by atoms with van der Waals surface area (Å²) in [6.07, 6.45) is 7.50. The molecule has 0 aromatic carbocycles. The number of aliphatic hydroxyl groups is 2. The largest absolute Gasteiger partial charge is 0.400 e. The molecular weight excluding hydrogens is 140 g/mol. The van der Waals surface area contributed by atoms with Gasteiger partial charge in [0.2, 0.25) is 0 Å². The molecule has 0 atom stereocenters. The lowest BCUT2D eigenvalue weighted by Gasteiger charge is -1.95. The van der Waals surface area contributed by atoms with Crippen LogP contribution in [0.15, 0.2) is 0 Å². The smallest absolute Gasteiger partial charge is 0.0431 e. The van der Waals surface area contributed by atoms with Gasteiger partial charge in [0.15, 0.2) is 0 Å². The summed E-state index contributed by atoms with van der Waals surface area (Å²) in [5, 5.41) is 15.4. The second kappa shape index (κ2) is 16.5. The van der Waals surface area contributed by atoms with Gasteiger partial charge in [0, 0.05) is 13.7 Å². The highest BCUT2D eigenvalue weighted by Crippen LogP contribution is 2.03. The van der Waals surface area contributed by atoms with Crippen LogP contribution in [0.25, 0.3) is 0 Å². The molecule has 11 heavy (non-hydrogen) atoms. The highest BCUT2D eigenvalue weighted by molar-refractivity contribution is 4.41. The molecule has 0 spiro atoms. The average Bonchev–Trinajstić information content (AvgIpc) is 2.08. The summed E-state index contributed by atoms with van der Waals surface area (Å²) in [5.74, 6) is 0. The Kier molecular flexibility index (Phi) is 20.2. The van der Waals surface area contributed by atoms with E-state index in [-0.39, 0.29) is 0 Å². The Labute approximate surface area is 70.3 Å². The van der Waals surface area contributed by atoms with E-state index < -0.39 is 0 Å². The second-order valence-electron chi connectivity index (χ2n) is 2.49. The average molecular weight is 162 g/mol. The molecule has 0 aromatic rings. The van der Waals surface area contributed by atoms with Gasteiger partial charge in [0.25, 0.3) is 0 Å². The summed E-state index contributed by atoms with van der Waals surface area (Å²) in [7, 11) is 1.00. The molecule has 0 saturated carbocycles. The fourth-order valence-corrected chi connectivity index (χ4v) is 0.892. The molecule has 0 fully saturated rings. The molecule has 0 radical (unpaired) electrons. The topological polar surface area (TPSA) is 40.5 Å². The number of unbranched alkanes of at least 4 members (excludes halogenated alkanes) is 5. The fraction of sp³-hybridized carbons (Fsp3) is 1.00. The van der Waals surface area contributed by atoms with Crippen molar-refractivity contribution in [1.82, 2.24) is 0 Å². The molecular formula is C9H22O2. The minimum absolute atomic E-state index is 0.367. The van der Waals surface area contributed by atoms with Crippen LogP contribution in [0.1, 0.15) is 45.4 Å². The van der Waals surface area contributed by atoms with Crippen molar-refractivity contribution >= 4 is 0 Å². The molecule has 2 nitrogen and oxygen atoms in total. The first-order chi connectivity index (χ1) is 5.41. The molecule has 0 saturated heterocycles. The summed E-state index contributed by atoms with van der Waals surface area (Å²) in [4.78, 5) is 0. The van der Waals surface area contributed by atoms with Crippen LogP contribution in [0.5, 0.6) is 0 Å². The summed E-state index contributed by atoms with van der Waals surface area (Å²) in [5.41, 5.74) is 0. The Balaban J connectivity index is 0. The van der Waals surface area contributed by atoms with Crippen molar-refractivity contribution in [2.75, 3.05) is 13.7 Å². The third-order valence-electron chi connectivity index (χ3n) is 1.51. The van der Waals surface area contributed by atoms with Crippen molar-refractivity contribution < 1.29 is 10.2 Å². The monoisotopic (exact) mass is 162 g/mol. The van der Waals surface area contributed by atoms with Gasteiger partial charge in [-0.2, -0.15) is 0 Å². The fourth-order valence-electron chi connectivity index (χ4n) is 0.892. The van der Waals surface area contributed by atoms with Crippen LogP contribution >= 0.6 is 0 Å². The molecule has 0 amide bonds. The third-order valence-corrected chi connectivity index (χ3v) is 1.51. The van der Waals surface area contributed by atoms with Crippen LogP contribution in [0.2, 0.25) is 0 Å². The zero-order valence-electron chi connectivity index (χ0n) is 7.84. The van der Waals surface area contributed by atoms with Crippen molar-refractivity contribution in [3.8, 4) is 0 Å². The predicted molar refractivity (Wildman–Crippen MR) is 48.6 cm³/mol. The van der Waals surface area contributed by atoms with Crippen molar-refractivity contribution in [2.24, 2.45) is 0 Å². The van der Waals surface area contributed by atoms with Crippen LogP contribution in [0, 0.1) is 0 Å². The SMILES string of the molecule is CCCCCCCCO.CO. The van der Waals surface area contributed by atoms with Gasteiger partial charge < -0.3 is 10.2 Å². The van der Waals surface area contributed by atoms with E-state index in [1.54, 1.807) is 0 Å². The van der Waals surface area contributed by atoms with Gasteiger partial charge >= 0.3 is 0 Å². The molecule has 0 aromatic heterocycles. The summed E-state index contributed by atoms with van der Waals surface area (Å²) in [6.45, 7) is 2.58. The molecule has 0 unspecified atom stereocenters. The molecule has 0 heterocycles. The zero-order chi connectivity index (χ0) is 8.95. The van der Waals surface area contributed by atoms with E-state index in [2.05, 4.69) is 6.92 Å². The number of hydrogen-bond acceptors (Lipinski definition) is 2. The minimum Gasteiger partial charge on any atom is -0.400 e. The van der Waals surface area contributed by atoms with E-state index >= 15 is 0 Å². The van der Waals surface area contributed by atoms with E-state index in [1.807, 2.05) is 0 Å². The van der Waals surface area contributed by atoms with Gasteiger partial charge in [0.05, 0.1) is 0 Å². The molecule has 70 valence electrons. The first-order valence-corrected chi connectivity index (χ1v) is 4.47. The van der Waals surface area contributed by atoms with Gasteiger partial charge in [-0.15, -0.1) is 0 Å². The number of hydrogen-bond donors (Lipinski definition) is 2. The maximum atomic E-state index is 8.42. The maximum Gasteiger partial charge on any atom is 0.0431 e. The lowest BCUT2D eigenvalue weighted by Crippen LogP contribution is -1.82. The Morgan fingerprint density at radius 1 is 0.818 bits per heavy atom. The maximum absolute atomic E-state index is 8.42. The molecule has 0 bridgehead atoms. The van der Waals surface area contributed by atoms with Crippen molar-refractivity contribution in [3.05, 3.63) is 0 Å². The highest BCUT2D eigenvalue weighted by atomic mass is 16.3. The zero-order valence-corrected chi connectivity index (χ0v) is 7.84. The Morgan fingerprint density at radius 2 is 1.27 bits per heavy atom. The Bertz CT molecular complexity index is 40.8. The molecule has 2 heteroatoms. The van der Waals surface area contributed by atoms with Gasteiger partial charge in [-0.3, -0.25) is 0 Å². The number of aliphatic hydroxyl groups excluding tert-OH is 2. The third kappa shape index (κ3) is 17.8. The van der Waals surface area contributed by atoms with E-state index in [4.69, 9.17) is 10.2 Å². The summed E-state index contributed by atoms with van der Waals surface area (Å²) < 4.78 is 0. The molecule has 2 N–H and O–H groups in total. The van der Waals surface area contributed by atoms with Crippen LogP contribution in [-0.4, -0.2) is 23.9 Å². The molecule has 0 rings (SSSR count). The molecule has 0 aliphatic carbocycles. The Morgan fingerprint density at radius 3 is 1.73 bits per heavy atom. The van der Waals surface area contributed by atoms with Gasteiger partial charge in [0.1, 0.15) is 0 Å². The van der Waals surface area contributed by atoms with Gasteiger partial charge in [-0.05, 0) is 6.42 Å². The predicted octanol–water partition coefficient (Wildman–Crippen LogP) is 1.95. The lowest BCUT2D eigenvalue weighted by molar-refractivity contribution is 0.282. The van der Waals surface area contributed by atoms with Crippen LogP contribution in [0.4, 0.5) is 0 Å². The van der Waals surface area contributed by atoms with Crippen molar-refractivity contribution in [1.29, 1.82) is 0 Å².